The van der Waals surface area contributed by atoms with Gasteiger partial charge in [-0.3, -0.25) is 4.79 Å². The zero-order valence-corrected chi connectivity index (χ0v) is 19.8. The van der Waals surface area contributed by atoms with Gasteiger partial charge in [0.15, 0.2) is 5.60 Å². The number of rotatable bonds is 9. The highest BCUT2D eigenvalue weighted by molar-refractivity contribution is 5.77. The Morgan fingerprint density at radius 3 is 1.74 bits per heavy atom. The van der Waals surface area contributed by atoms with Crippen LogP contribution in [0, 0.1) is 0 Å². The van der Waals surface area contributed by atoms with Crippen LogP contribution < -0.4 is 10.1 Å². The van der Waals surface area contributed by atoms with Crippen LogP contribution in [-0.2, 0) is 21.7 Å². The van der Waals surface area contributed by atoms with Gasteiger partial charge in [0.1, 0.15) is 17.5 Å². The average Bonchev–Trinajstić information content (AvgIpc) is 2.92. The van der Waals surface area contributed by atoms with Gasteiger partial charge in [-0.25, -0.2) is 0 Å². The molecule has 4 aromatic carbocycles. The molecule has 2 N–H and O–H groups in total. The summed E-state index contributed by atoms with van der Waals surface area (Å²) in [5.41, 5.74) is 2.09. The highest BCUT2D eigenvalue weighted by Gasteiger charge is 2.41. The van der Waals surface area contributed by atoms with Crippen molar-refractivity contribution in [2.45, 2.75) is 25.1 Å². The molecule has 0 spiro atoms. The van der Waals surface area contributed by atoms with E-state index >= 15 is 0 Å². The minimum absolute atomic E-state index is 0.102. The van der Waals surface area contributed by atoms with Crippen LogP contribution >= 0.6 is 0 Å². The van der Waals surface area contributed by atoms with E-state index in [1.165, 1.54) is 0 Å². The molecule has 1 atom stereocenters. The van der Waals surface area contributed by atoms with Crippen LogP contribution in [0.3, 0.4) is 0 Å². The molecule has 4 rings (SSSR count). The Morgan fingerprint density at radius 1 is 0.829 bits per heavy atom. The summed E-state index contributed by atoms with van der Waals surface area (Å²) >= 11 is 0. The lowest BCUT2D eigenvalue weighted by Crippen LogP contribution is -2.42. The summed E-state index contributed by atoms with van der Waals surface area (Å²) in [6, 6.07) is 33.8. The number of hydrogen-bond acceptors (Lipinski definition) is 5. The van der Waals surface area contributed by atoms with Crippen LogP contribution in [0.4, 0.5) is 0 Å². The van der Waals surface area contributed by atoms with Crippen molar-refractivity contribution in [3.05, 3.63) is 131 Å². The van der Waals surface area contributed by atoms with Gasteiger partial charge >= 0.3 is 5.97 Å². The number of benzene rings is 4. The van der Waals surface area contributed by atoms with Gasteiger partial charge in [0.25, 0.3) is 0 Å². The van der Waals surface area contributed by atoms with Gasteiger partial charge in [0, 0.05) is 34.9 Å². The topological polar surface area (TPSA) is 67.8 Å². The maximum Gasteiger partial charge on any atom is 0.324 e. The first kappa shape index (κ1) is 24.0. The number of nitrogens with one attached hydrogen (secondary N) is 1. The van der Waals surface area contributed by atoms with Gasteiger partial charge in [-0.2, -0.15) is 0 Å². The van der Waals surface area contributed by atoms with Crippen LogP contribution in [0.25, 0.3) is 0 Å². The maximum absolute atomic E-state index is 13.5. The molecule has 0 aliphatic heterocycles. The van der Waals surface area contributed by atoms with Gasteiger partial charge in [0.2, 0.25) is 0 Å². The second-order valence-electron chi connectivity index (χ2n) is 8.30. The predicted octanol–water partition coefficient (Wildman–Crippen LogP) is 5.41. The van der Waals surface area contributed by atoms with Crippen LogP contribution in [0.2, 0.25) is 0 Å². The summed E-state index contributed by atoms with van der Waals surface area (Å²) in [6.07, 6.45) is 0. The van der Waals surface area contributed by atoms with E-state index in [9.17, 15) is 9.90 Å². The van der Waals surface area contributed by atoms with E-state index in [2.05, 4.69) is 5.32 Å². The Bertz CT molecular complexity index is 1150. The van der Waals surface area contributed by atoms with E-state index in [1.807, 2.05) is 91.0 Å². The quantitative estimate of drug-likeness (QED) is 0.254. The Labute approximate surface area is 206 Å². The Hall–Kier alpha value is -4.09. The molecule has 5 heteroatoms. The van der Waals surface area contributed by atoms with Crippen molar-refractivity contribution in [1.82, 2.24) is 5.32 Å². The average molecular weight is 468 g/mol. The molecule has 35 heavy (non-hydrogen) atoms. The number of aromatic hydroxyl groups is 1. The molecule has 0 unspecified atom stereocenters. The lowest BCUT2D eigenvalue weighted by Gasteiger charge is -2.36. The first-order valence-electron chi connectivity index (χ1n) is 11.5. The van der Waals surface area contributed by atoms with Crippen LogP contribution in [0.1, 0.15) is 29.2 Å². The van der Waals surface area contributed by atoms with Crippen molar-refractivity contribution in [3.8, 4) is 11.5 Å². The number of carbonyl (C=O) groups is 1. The lowest BCUT2D eigenvalue weighted by atomic mass is 9.80. The number of carbonyl (C=O) groups excluding carboxylic acids is 1. The molecule has 0 fully saturated rings. The standard InChI is InChI=1S/C30H29NO4/c1-22(31-21-23-18-19-27(34-2)20-28(23)32)29(33)35-30(24-12-6-3-7-13-24,25-14-8-4-9-15-25)26-16-10-5-11-17-26/h3-20,22,31-32H,21H2,1-2H3/t22-/m0/s1. The van der Waals surface area contributed by atoms with E-state index in [1.54, 1.807) is 32.2 Å². The zero-order chi connectivity index (χ0) is 24.7. The second-order valence-corrected chi connectivity index (χ2v) is 8.30. The molecule has 0 amide bonds. The van der Waals surface area contributed by atoms with Crippen molar-refractivity contribution in [2.24, 2.45) is 0 Å². The van der Waals surface area contributed by atoms with Crippen LogP contribution in [-0.4, -0.2) is 24.2 Å². The monoisotopic (exact) mass is 467 g/mol. The molecular weight excluding hydrogens is 438 g/mol. The number of phenolic OH excluding ortho intramolecular Hbond substituents is 1. The maximum atomic E-state index is 13.5. The fourth-order valence-corrected chi connectivity index (χ4v) is 4.10. The first-order chi connectivity index (χ1) is 17.0. The molecule has 0 radical (unpaired) electrons. The second kappa shape index (κ2) is 10.9. The van der Waals surface area contributed by atoms with Crippen molar-refractivity contribution in [1.29, 1.82) is 0 Å². The molecule has 0 saturated carbocycles. The van der Waals surface area contributed by atoms with Gasteiger partial charge in [-0.1, -0.05) is 97.1 Å². The molecule has 0 aliphatic rings. The number of ether oxygens (including phenoxy) is 2. The highest BCUT2D eigenvalue weighted by atomic mass is 16.6. The van der Waals surface area contributed by atoms with Crippen molar-refractivity contribution >= 4 is 5.97 Å². The normalized spacial score (nSPS) is 12.1. The largest absolute Gasteiger partial charge is 0.507 e. The molecule has 4 aromatic rings. The highest BCUT2D eigenvalue weighted by Crippen LogP contribution is 2.40. The fraction of sp³-hybridized carbons (Fsp3) is 0.167. The SMILES string of the molecule is COc1ccc(CN[C@@H](C)C(=O)OC(c2ccccc2)(c2ccccc2)c2ccccc2)c(O)c1. The summed E-state index contributed by atoms with van der Waals surface area (Å²) < 4.78 is 11.6. The van der Waals surface area contributed by atoms with Crippen molar-refractivity contribution in [2.75, 3.05) is 7.11 Å². The van der Waals surface area contributed by atoms with Gasteiger partial charge in [0.05, 0.1) is 7.11 Å². The van der Waals surface area contributed by atoms with E-state index in [-0.39, 0.29) is 5.75 Å². The molecule has 0 heterocycles. The molecule has 0 aliphatic carbocycles. The number of hydrogen-bond donors (Lipinski definition) is 2. The van der Waals surface area contributed by atoms with E-state index in [0.29, 0.717) is 17.9 Å². The van der Waals surface area contributed by atoms with Crippen molar-refractivity contribution < 1.29 is 19.4 Å². The molecule has 0 bridgehead atoms. The minimum atomic E-state index is -1.13. The van der Waals surface area contributed by atoms with E-state index in [4.69, 9.17) is 9.47 Å². The Balaban J connectivity index is 1.66. The smallest absolute Gasteiger partial charge is 0.324 e. The van der Waals surface area contributed by atoms with Crippen LogP contribution in [0.5, 0.6) is 11.5 Å². The molecular formula is C30H29NO4. The molecule has 178 valence electrons. The van der Waals surface area contributed by atoms with Crippen molar-refractivity contribution in [3.63, 3.8) is 0 Å². The van der Waals surface area contributed by atoms with Gasteiger partial charge < -0.3 is 19.9 Å². The number of esters is 1. The third kappa shape index (κ3) is 5.20. The third-order valence-corrected chi connectivity index (χ3v) is 6.04. The predicted molar refractivity (Wildman–Crippen MR) is 136 cm³/mol. The van der Waals surface area contributed by atoms with Crippen LogP contribution in [0.15, 0.2) is 109 Å². The Kier molecular flexibility index (Phi) is 7.48. The number of methoxy groups -OCH3 is 1. The molecule has 0 saturated heterocycles. The van der Waals surface area contributed by atoms with Gasteiger partial charge in [-0.05, 0) is 13.0 Å². The van der Waals surface area contributed by atoms with E-state index < -0.39 is 17.6 Å². The lowest BCUT2D eigenvalue weighted by molar-refractivity contribution is -0.155. The summed E-state index contributed by atoms with van der Waals surface area (Å²) in [6.45, 7) is 2.05. The summed E-state index contributed by atoms with van der Waals surface area (Å²) in [5, 5.41) is 13.4. The van der Waals surface area contributed by atoms with Gasteiger partial charge in [-0.15, -0.1) is 0 Å². The summed E-state index contributed by atoms with van der Waals surface area (Å²) in [4.78, 5) is 13.5. The zero-order valence-electron chi connectivity index (χ0n) is 19.8. The minimum Gasteiger partial charge on any atom is -0.507 e. The Morgan fingerprint density at radius 2 is 1.31 bits per heavy atom. The molecule has 5 nitrogen and oxygen atoms in total. The summed E-state index contributed by atoms with van der Waals surface area (Å²) in [5.74, 6) is 0.260. The van der Waals surface area contributed by atoms with E-state index in [0.717, 1.165) is 16.7 Å². The summed E-state index contributed by atoms with van der Waals surface area (Å²) in [7, 11) is 1.54. The fourth-order valence-electron chi connectivity index (χ4n) is 4.10. The third-order valence-electron chi connectivity index (χ3n) is 6.04. The molecule has 0 aromatic heterocycles. The first-order valence-corrected chi connectivity index (χ1v) is 11.5. The number of phenols is 1.